The molecule has 0 amide bonds. The van der Waals surface area contributed by atoms with Crippen LogP contribution in [0, 0.1) is 5.41 Å². The van der Waals surface area contributed by atoms with Crippen molar-refractivity contribution in [2.75, 3.05) is 21.3 Å². The first kappa shape index (κ1) is 19.8. The number of rotatable bonds is 4. The molecule has 1 aliphatic carbocycles. The van der Waals surface area contributed by atoms with Crippen molar-refractivity contribution < 1.29 is 28.5 Å². The number of hydrogen-bond donors (Lipinski definition) is 1. The molecule has 0 spiro atoms. The highest BCUT2D eigenvalue weighted by molar-refractivity contribution is 6.03. The zero-order valence-corrected chi connectivity index (χ0v) is 16.8. The van der Waals surface area contributed by atoms with E-state index in [9.17, 15) is 9.59 Å². The van der Waals surface area contributed by atoms with Crippen LogP contribution in [0.3, 0.4) is 0 Å². The van der Waals surface area contributed by atoms with Gasteiger partial charge in [0.2, 0.25) is 5.88 Å². The van der Waals surface area contributed by atoms with Gasteiger partial charge in [-0.2, -0.15) is 0 Å². The number of ketones is 1. The van der Waals surface area contributed by atoms with E-state index in [4.69, 9.17) is 24.7 Å². The molecule has 0 saturated carbocycles. The molecule has 7 nitrogen and oxygen atoms in total. The van der Waals surface area contributed by atoms with Gasteiger partial charge in [-0.25, -0.2) is 4.79 Å². The second-order valence-corrected chi connectivity index (χ2v) is 7.69. The number of carbonyl (C=O) groups is 2. The highest BCUT2D eigenvalue weighted by atomic mass is 16.5. The Kier molecular flexibility index (Phi) is 5.10. The van der Waals surface area contributed by atoms with Gasteiger partial charge < -0.3 is 24.7 Å². The van der Waals surface area contributed by atoms with E-state index in [-0.39, 0.29) is 22.7 Å². The Morgan fingerprint density at radius 3 is 2.50 bits per heavy atom. The van der Waals surface area contributed by atoms with Crippen molar-refractivity contribution >= 4 is 11.8 Å². The molecular weight excluding hydrogens is 362 g/mol. The van der Waals surface area contributed by atoms with Gasteiger partial charge in [0.05, 0.1) is 27.2 Å². The number of carbonyl (C=O) groups excluding carboxylic acids is 2. The molecule has 2 aliphatic rings. The smallest absolute Gasteiger partial charge is 0.340 e. The molecule has 1 unspecified atom stereocenters. The third-order valence-corrected chi connectivity index (χ3v) is 5.11. The largest absolute Gasteiger partial charge is 0.497 e. The number of esters is 1. The average Bonchev–Trinajstić information content (AvgIpc) is 2.64. The highest BCUT2D eigenvalue weighted by Gasteiger charge is 2.45. The molecule has 2 N–H and O–H groups in total. The third kappa shape index (κ3) is 3.32. The van der Waals surface area contributed by atoms with Crippen molar-refractivity contribution in [2.24, 2.45) is 11.1 Å². The van der Waals surface area contributed by atoms with Crippen LogP contribution in [0.25, 0.3) is 0 Å². The Bertz CT molecular complexity index is 896. The first-order valence-electron chi connectivity index (χ1n) is 8.96. The summed E-state index contributed by atoms with van der Waals surface area (Å²) in [5.41, 5.74) is 6.96. The molecule has 1 aliphatic heterocycles. The Hall–Kier alpha value is -2.96. The lowest BCUT2D eigenvalue weighted by Crippen LogP contribution is -2.35. The molecule has 0 bridgehead atoms. The zero-order chi connectivity index (χ0) is 20.6. The van der Waals surface area contributed by atoms with Crippen molar-refractivity contribution in [3.63, 3.8) is 0 Å². The van der Waals surface area contributed by atoms with Crippen molar-refractivity contribution in [1.82, 2.24) is 0 Å². The second-order valence-electron chi connectivity index (χ2n) is 7.69. The molecule has 0 saturated heterocycles. The summed E-state index contributed by atoms with van der Waals surface area (Å²) in [4.78, 5) is 25.7. The van der Waals surface area contributed by atoms with Crippen LogP contribution in [0.4, 0.5) is 0 Å². The monoisotopic (exact) mass is 387 g/mol. The van der Waals surface area contributed by atoms with Crippen LogP contribution in [0.2, 0.25) is 0 Å². The first-order chi connectivity index (χ1) is 13.2. The molecule has 7 heteroatoms. The van der Waals surface area contributed by atoms with Crippen molar-refractivity contribution in [3.05, 3.63) is 46.6 Å². The van der Waals surface area contributed by atoms with Gasteiger partial charge in [-0.05, 0) is 23.6 Å². The van der Waals surface area contributed by atoms with E-state index >= 15 is 0 Å². The summed E-state index contributed by atoms with van der Waals surface area (Å²) in [6.07, 6.45) is 0.873. The third-order valence-electron chi connectivity index (χ3n) is 5.11. The second kappa shape index (κ2) is 7.22. The highest BCUT2D eigenvalue weighted by Crippen LogP contribution is 2.50. The van der Waals surface area contributed by atoms with Gasteiger partial charge in [0.15, 0.2) is 5.78 Å². The Morgan fingerprint density at radius 2 is 1.89 bits per heavy atom. The first-order valence-corrected chi connectivity index (χ1v) is 8.96. The maximum Gasteiger partial charge on any atom is 0.340 e. The van der Waals surface area contributed by atoms with Crippen LogP contribution in [-0.2, 0) is 19.1 Å². The summed E-state index contributed by atoms with van der Waals surface area (Å²) in [6, 6.07) is 5.21. The van der Waals surface area contributed by atoms with E-state index in [0.29, 0.717) is 41.2 Å². The van der Waals surface area contributed by atoms with E-state index in [1.807, 2.05) is 13.8 Å². The fourth-order valence-electron chi connectivity index (χ4n) is 3.87. The Balaban J connectivity index is 2.28. The molecule has 1 heterocycles. The lowest BCUT2D eigenvalue weighted by Gasteiger charge is -2.38. The summed E-state index contributed by atoms with van der Waals surface area (Å²) in [5.74, 6) is -0.00844. The topological polar surface area (TPSA) is 97.1 Å². The van der Waals surface area contributed by atoms with E-state index in [1.165, 1.54) is 14.2 Å². The molecule has 1 atom stereocenters. The van der Waals surface area contributed by atoms with Crippen LogP contribution in [-0.4, -0.2) is 33.1 Å². The predicted molar refractivity (Wildman–Crippen MR) is 102 cm³/mol. The predicted octanol–water partition coefficient (Wildman–Crippen LogP) is 2.80. The molecule has 0 fully saturated rings. The molecule has 3 rings (SSSR count). The molecule has 1 aromatic carbocycles. The Labute approximate surface area is 164 Å². The lowest BCUT2D eigenvalue weighted by atomic mass is 9.70. The molecular formula is C21H25NO6. The van der Waals surface area contributed by atoms with Crippen LogP contribution in [0.15, 0.2) is 41.0 Å². The van der Waals surface area contributed by atoms with Crippen LogP contribution < -0.4 is 15.2 Å². The number of methoxy groups -OCH3 is 3. The maximum atomic E-state index is 13.1. The lowest BCUT2D eigenvalue weighted by molar-refractivity contribution is -0.136. The fraction of sp³-hybridized carbons (Fsp3) is 0.429. The zero-order valence-electron chi connectivity index (χ0n) is 16.8. The average molecular weight is 387 g/mol. The Morgan fingerprint density at radius 1 is 1.18 bits per heavy atom. The van der Waals surface area contributed by atoms with E-state index in [0.717, 1.165) is 0 Å². The minimum atomic E-state index is -0.759. The SMILES string of the molecule is COC(=O)C1=C(N)OC2=C(C(=O)CC(C)(C)C2)C1c1cc(OC)ccc1OC. The number of benzene rings is 1. The standard InChI is InChI=1S/C21H25NO6/c1-21(2)9-13(23)17-15(10-21)28-19(22)18(20(24)27-5)16(17)12-8-11(25-3)6-7-14(12)26-4/h6-8,16H,9-10,22H2,1-5H3. The summed E-state index contributed by atoms with van der Waals surface area (Å²) >= 11 is 0. The summed E-state index contributed by atoms with van der Waals surface area (Å²) in [6.45, 7) is 3.99. The van der Waals surface area contributed by atoms with E-state index in [2.05, 4.69) is 0 Å². The summed E-state index contributed by atoms with van der Waals surface area (Å²) < 4.78 is 21.5. The summed E-state index contributed by atoms with van der Waals surface area (Å²) in [7, 11) is 4.33. The van der Waals surface area contributed by atoms with Gasteiger partial charge in [0.25, 0.3) is 0 Å². The van der Waals surface area contributed by atoms with Gasteiger partial charge in [-0.15, -0.1) is 0 Å². The van der Waals surface area contributed by atoms with Crippen molar-refractivity contribution in [1.29, 1.82) is 0 Å². The quantitative estimate of drug-likeness (QED) is 0.794. The van der Waals surface area contributed by atoms with Gasteiger partial charge in [0.1, 0.15) is 22.8 Å². The summed E-state index contributed by atoms with van der Waals surface area (Å²) in [5, 5.41) is 0. The number of ether oxygens (including phenoxy) is 4. The van der Waals surface area contributed by atoms with Gasteiger partial charge in [0, 0.05) is 24.0 Å². The maximum absolute atomic E-state index is 13.1. The molecule has 0 radical (unpaired) electrons. The number of nitrogens with two attached hydrogens (primary N) is 1. The van der Waals surface area contributed by atoms with Crippen LogP contribution in [0.1, 0.15) is 38.2 Å². The van der Waals surface area contributed by atoms with Crippen molar-refractivity contribution in [3.8, 4) is 11.5 Å². The number of Topliss-reactive ketones (excluding diaryl/α,β-unsaturated/α-hetero) is 1. The van der Waals surface area contributed by atoms with Gasteiger partial charge >= 0.3 is 5.97 Å². The normalized spacial score (nSPS) is 21.0. The molecule has 1 aromatic rings. The van der Waals surface area contributed by atoms with E-state index in [1.54, 1.807) is 25.3 Å². The van der Waals surface area contributed by atoms with Gasteiger partial charge in [-0.1, -0.05) is 13.8 Å². The fourth-order valence-corrected chi connectivity index (χ4v) is 3.87. The van der Waals surface area contributed by atoms with Crippen LogP contribution in [0.5, 0.6) is 11.5 Å². The van der Waals surface area contributed by atoms with Gasteiger partial charge in [-0.3, -0.25) is 4.79 Å². The molecule has 0 aromatic heterocycles. The minimum Gasteiger partial charge on any atom is -0.497 e. The molecule has 150 valence electrons. The van der Waals surface area contributed by atoms with Crippen molar-refractivity contribution in [2.45, 2.75) is 32.6 Å². The van der Waals surface area contributed by atoms with E-state index < -0.39 is 11.9 Å². The molecule has 28 heavy (non-hydrogen) atoms. The number of allylic oxidation sites excluding steroid dienone is 2. The minimum absolute atomic E-state index is 0.0639. The van der Waals surface area contributed by atoms with Crippen LogP contribution >= 0.6 is 0 Å². The number of hydrogen-bond acceptors (Lipinski definition) is 7.